The van der Waals surface area contributed by atoms with Crippen molar-refractivity contribution in [2.45, 2.75) is 12.8 Å². The molecule has 0 fully saturated rings. The summed E-state index contributed by atoms with van der Waals surface area (Å²) < 4.78 is 0. The number of aliphatic carboxylic acids is 1. The number of benzene rings is 1. The van der Waals surface area contributed by atoms with Gasteiger partial charge in [-0.3, -0.25) is 4.79 Å². The lowest BCUT2D eigenvalue weighted by Gasteiger charge is -2.11. The van der Waals surface area contributed by atoms with E-state index in [4.69, 9.17) is 16.7 Å². The van der Waals surface area contributed by atoms with Gasteiger partial charge in [0.2, 0.25) is 0 Å². The van der Waals surface area contributed by atoms with Crippen molar-refractivity contribution < 1.29 is 9.90 Å². The van der Waals surface area contributed by atoms with E-state index in [2.05, 4.69) is 0 Å². The number of hydrogen-bond donors (Lipinski definition) is 1. The first-order chi connectivity index (χ1) is 7.63. The second-order valence-electron chi connectivity index (χ2n) is 3.65. The van der Waals surface area contributed by atoms with Gasteiger partial charge in [0.15, 0.2) is 0 Å². The number of thioether (sulfide) groups is 1. The van der Waals surface area contributed by atoms with Crippen LogP contribution in [0.3, 0.4) is 0 Å². The minimum absolute atomic E-state index is 0.314. The Morgan fingerprint density at radius 2 is 2.31 bits per heavy atom. The molecule has 1 atom stereocenters. The molecule has 0 radical (unpaired) electrons. The lowest BCUT2D eigenvalue weighted by atomic mass is 9.97. The van der Waals surface area contributed by atoms with Crippen molar-refractivity contribution in [1.29, 1.82) is 0 Å². The van der Waals surface area contributed by atoms with Crippen LogP contribution >= 0.6 is 23.4 Å². The molecule has 1 aromatic rings. The first-order valence-electron chi connectivity index (χ1n) is 5.09. The van der Waals surface area contributed by atoms with E-state index in [1.807, 2.05) is 24.5 Å². The summed E-state index contributed by atoms with van der Waals surface area (Å²) in [5.74, 6) is -0.169. The van der Waals surface area contributed by atoms with Gasteiger partial charge in [-0.2, -0.15) is 11.8 Å². The minimum Gasteiger partial charge on any atom is -0.481 e. The summed E-state index contributed by atoms with van der Waals surface area (Å²) >= 11 is 7.53. The van der Waals surface area contributed by atoms with Crippen LogP contribution in [0.1, 0.15) is 12.0 Å². The van der Waals surface area contributed by atoms with E-state index in [9.17, 15) is 4.79 Å². The Hall–Kier alpha value is -0.670. The van der Waals surface area contributed by atoms with Gasteiger partial charge >= 0.3 is 5.97 Å². The van der Waals surface area contributed by atoms with Crippen molar-refractivity contribution in [3.63, 3.8) is 0 Å². The number of carboxylic acids is 1. The number of hydrogen-bond acceptors (Lipinski definition) is 2. The Morgan fingerprint density at radius 1 is 1.56 bits per heavy atom. The normalized spacial score (nSPS) is 12.4. The molecular formula is C12H15ClO2S. The molecule has 0 saturated carbocycles. The molecule has 0 saturated heterocycles. The molecule has 0 aliphatic rings. The first-order valence-corrected chi connectivity index (χ1v) is 6.87. The highest BCUT2D eigenvalue weighted by molar-refractivity contribution is 7.98. The van der Waals surface area contributed by atoms with E-state index >= 15 is 0 Å². The van der Waals surface area contributed by atoms with Crippen LogP contribution < -0.4 is 0 Å². The topological polar surface area (TPSA) is 37.3 Å². The highest BCUT2D eigenvalue weighted by Crippen LogP contribution is 2.18. The van der Waals surface area contributed by atoms with Gasteiger partial charge in [0.25, 0.3) is 0 Å². The summed E-state index contributed by atoms with van der Waals surface area (Å²) in [6.07, 6.45) is 3.23. The van der Waals surface area contributed by atoms with Crippen LogP contribution in [0.5, 0.6) is 0 Å². The average Bonchev–Trinajstić information content (AvgIpc) is 2.24. The monoisotopic (exact) mass is 258 g/mol. The second kappa shape index (κ2) is 6.81. The molecule has 1 aromatic carbocycles. The number of halogens is 1. The largest absolute Gasteiger partial charge is 0.481 e. The van der Waals surface area contributed by atoms with Crippen LogP contribution in [0.15, 0.2) is 24.3 Å². The zero-order chi connectivity index (χ0) is 12.0. The molecule has 0 spiro atoms. The molecule has 0 amide bonds. The number of rotatable bonds is 6. The lowest BCUT2D eigenvalue weighted by molar-refractivity contribution is -0.141. The highest BCUT2D eigenvalue weighted by Gasteiger charge is 2.17. The summed E-state index contributed by atoms with van der Waals surface area (Å²) in [5.41, 5.74) is 0.987. The molecule has 0 bridgehead atoms. The Bertz CT molecular complexity index is 355. The highest BCUT2D eigenvalue weighted by atomic mass is 35.5. The molecule has 16 heavy (non-hydrogen) atoms. The average molecular weight is 259 g/mol. The number of carbonyl (C=O) groups is 1. The van der Waals surface area contributed by atoms with Crippen molar-refractivity contribution in [1.82, 2.24) is 0 Å². The third-order valence-corrected chi connectivity index (χ3v) is 3.27. The molecule has 0 aromatic heterocycles. The Balaban J connectivity index is 2.64. The van der Waals surface area contributed by atoms with Crippen molar-refractivity contribution in [3.05, 3.63) is 34.9 Å². The van der Waals surface area contributed by atoms with Crippen LogP contribution in [0.25, 0.3) is 0 Å². The molecule has 1 rings (SSSR count). The predicted octanol–water partition coefficient (Wildman–Crippen LogP) is 3.34. The van der Waals surface area contributed by atoms with Gasteiger partial charge < -0.3 is 5.11 Å². The van der Waals surface area contributed by atoms with Crippen molar-refractivity contribution in [3.8, 4) is 0 Å². The molecule has 0 heterocycles. The minimum atomic E-state index is -0.728. The standard InChI is InChI=1S/C12H15ClO2S/c1-16-6-5-10(12(14)15)7-9-3-2-4-11(13)8-9/h2-4,8,10H,5-7H2,1H3,(H,14,15). The zero-order valence-electron chi connectivity index (χ0n) is 9.15. The summed E-state index contributed by atoms with van der Waals surface area (Å²) in [4.78, 5) is 11.1. The van der Waals surface area contributed by atoms with Crippen molar-refractivity contribution in [2.24, 2.45) is 5.92 Å². The van der Waals surface area contributed by atoms with E-state index < -0.39 is 5.97 Å². The summed E-state index contributed by atoms with van der Waals surface area (Å²) in [6.45, 7) is 0. The molecule has 0 aliphatic carbocycles. The van der Waals surface area contributed by atoms with E-state index in [-0.39, 0.29) is 5.92 Å². The molecular weight excluding hydrogens is 244 g/mol. The van der Waals surface area contributed by atoms with E-state index in [1.165, 1.54) is 0 Å². The predicted molar refractivity (Wildman–Crippen MR) is 69.3 cm³/mol. The van der Waals surface area contributed by atoms with E-state index in [0.29, 0.717) is 17.9 Å². The van der Waals surface area contributed by atoms with E-state index in [0.717, 1.165) is 11.3 Å². The molecule has 0 aliphatic heterocycles. The molecule has 88 valence electrons. The van der Waals surface area contributed by atoms with Gasteiger partial charge in [-0.05, 0) is 42.5 Å². The zero-order valence-corrected chi connectivity index (χ0v) is 10.7. The maximum absolute atomic E-state index is 11.1. The van der Waals surface area contributed by atoms with Gasteiger partial charge in [-0.25, -0.2) is 0 Å². The van der Waals surface area contributed by atoms with E-state index in [1.54, 1.807) is 17.8 Å². The molecule has 1 N–H and O–H groups in total. The Labute approximate surface area is 105 Å². The SMILES string of the molecule is CSCCC(Cc1cccc(Cl)c1)C(=O)O. The first kappa shape index (κ1) is 13.4. The second-order valence-corrected chi connectivity index (χ2v) is 5.07. The summed E-state index contributed by atoms with van der Waals surface area (Å²) in [5, 5.41) is 9.75. The van der Waals surface area contributed by atoms with Gasteiger partial charge in [0.05, 0.1) is 5.92 Å². The van der Waals surface area contributed by atoms with Crippen molar-refractivity contribution in [2.75, 3.05) is 12.0 Å². The Morgan fingerprint density at radius 3 is 2.88 bits per heavy atom. The molecule has 4 heteroatoms. The summed E-state index contributed by atoms with van der Waals surface area (Å²) in [7, 11) is 0. The fourth-order valence-electron chi connectivity index (χ4n) is 1.52. The van der Waals surface area contributed by atoms with Crippen LogP contribution in [0.2, 0.25) is 5.02 Å². The maximum atomic E-state index is 11.1. The van der Waals surface area contributed by atoms with Crippen LogP contribution in [0.4, 0.5) is 0 Å². The molecule has 2 nitrogen and oxygen atoms in total. The van der Waals surface area contributed by atoms with Crippen LogP contribution in [-0.4, -0.2) is 23.1 Å². The molecule has 1 unspecified atom stereocenters. The fourth-order valence-corrected chi connectivity index (χ4v) is 2.25. The third kappa shape index (κ3) is 4.45. The fraction of sp³-hybridized carbons (Fsp3) is 0.417. The van der Waals surface area contributed by atoms with Crippen molar-refractivity contribution >= 4 is 29.3 Å². The Kier molecular flexibility index (Phi) is 5.71. The van der Waals surface area contributed by atoms with Crippen LogP contribution in [0, 0.1) is 5.92 Å². The maximum Gasteiger partial charge on any atom is 0.306 e. The third-order valence-electron chi connectivity index (χ3n) is 2.39. The van der Waals surface area contributed by atoms with Gasteiger partial charge in [-0.1, -0.05) is 23.7 Å². The lowest BCUT2D eigenvalue weighted by Crippen LogP contribution is -2.17. The smallest absolute Gasteiger partial charge is 0.306 e. The van der Waals surface area contributed by atoms with Crippen LogP contribution in [-0.2, 0) is 11.2 Å². The number of carboxylic acid groups (broad SMARTS) is 1. The van der Waals surface area contributed by atoms with Gasteiger partial charge in [0.1, 0.15) is 0 Å². The van der Waals surface area contributed by atoms with Gasteiger partial charge in [-0.15, -0.1) is 0 Å². The quantitative estimate of drug-likeness (QED) is 0.850. The van der Waals surface area contributed by atoms with Gasteiger partial charge in [0, 0.05) is 5.02 Å². The summed E-state index contributed by atoms with van der Waals surface area (Å²) in [6, 6.07) is 7.39.